The van der Waals surface area contributed by atoms with Gasteiger partial charge >= 0.3 is 0 Å². The summed E-state index contributed by atoms with van der Waals surface area (Å²) in [4.78, 5) is 4.90. The van der Waals surface area contributed by atoms with E-state index in [1.165, 1.54) is 24.1 Å². The molecule has 5 rings (SSSR count). The maximum atomic E-state index is 6.25. The highest BCUT2D eigenvalue weighted by atomic mass is 35.5. The molecule has 3 aromatic carbocycles. The molecule has 4 heteroatoms. The van der Waals surface area contributed by atoms with Crippen LogP contribution < -0.4 is 10.6 Å². The maximum absolute atomic E-state index is 6.25. The number of hydrogen-bond donors (Lipinski definition) is 2. The molecular formula is C27H26ClN3. The standard InChI is InChI=1S/C27H26ClN3/c28-22-8-5-7-21(17-22)26-18-27(23-9-2-4-11-25(23)31-26)30-24-10-3-1-6-20(24)16-19-12-14-29-15-13-19/h1-11,17-19,29H,12-16H2,(H,30,31). The lowest BCUT2D eigenvalue weighted by atomic mass is 9.90. The van der Waals surface area contributed by atoms with Crippen molar-refractivity contribution in [2.75, 3.05) is 18.4 Å². The van der Waals surface area contributed by atoms with Crippen LogP contribution in [0.15, 0.2) is 78.9 Å². The highest BCUT2D eigenvalue weighted by Crippen LogP contribution is 2.33. The maximum Gasteiger partial charge on any atom is 0.0730 e. The van der Waals surface area contributed by atoms with Crippen LogP contribution in [0.4, 0.5) is 11.4 Å². The second-order valence-corrected chi connectivity index (χ2v) is 8.70. The Morgan fingerprint density at radius 2 is 1.68 bits per heavy atom. The summed E-state index contributed by atoms with van der Waals surface area (Å²) < 4.78 is 0. The van der Waals surface area contributed by atoms with E-state index in [4.69, 9.17) is 16.6 Å². The number of halogens is 1. The normalized spacial score (nSPS) is 14.6. The zero-order valence-electron chi connectivity index (χ0n) is 17.4. The van der Waals surface area contributed by atoms with Crippen LogP contribution in [0.3, 0.4) is 0 Å². The first-order valence-electron chi connectivity index (χ1n) is 11.0. The van der Waals surface area contributed by atoms with E-state index < -0.39 is 0 Å². The molecule has 0 amide bonds. The molecule has 0 atom stereocenters. The van der Waals surface area contributed by atoms with E-state index in [9.17, 15) is 0 Å². The van der Waals surface area contributed by atoms with Gasteiger partial charge in [-0.3, -0.25) is 0 Å². The summed E-state index contributed by atoms with van der Waals surface area (Å²) in [5.74, 6) is 0.736. The van der Waals surface area contributed by atoms with Crippen LogP contribution in [0.5, 0.6) is 0 Å². The predicted octanol–water partition coefficient (Wildman–Crippen LogP) is 6.84. The van der Waals surface area contributed by atoms with Gasteiger partial charge in [-0.25, -0.2) is 4.98 Å². The Labute approximate surface area is 188 Å². The van der Waals surface area contributed by atoms with Gasteiger partial charge in [0.2, 0.25) is 0 Å². The van der Waals surface area contributed by atoms with E-state index in [1.807, 2.05) is 24.3 Å². The number of hydrogen-bond acceptors (Lipinski definition) is 3. The van der Waals surface area contributed by atoms with E-state index >= 15 is 0 Å². The van der Waals surface area contributed by atoms with Crippen molar-refractivity contribution in [3.63, 3.8) is 0 Å². The number of fused-ring (bicyclic) bond motifs is 1. The van der Waals surface area contributed by atoms with Crippen molar-refractivity contribution in [2.24, 2.45) is 5.92 Å². The first-order chi connectivity index (χ1) is 15.3. The summed E-state index contributed by atoms with van der Waals surface area (Å²) >= 11 is 6.25. The second kappa shape index (κ2) is 9.09. The number of pyridine rings is 1. The molecular weight excluding hydrogens is 402 g/mol. The third-order valence-electron chi connectivity index (χ3n) is 6.09. The topological polar surface area (TPSA) is 37.0 Å². The lowest BCUT2D eigenvalue weighted by Gasteiger charge is -2.24. The fourth-order valence-electron chi connectivity index (χ4n) is 4.44. The van der Waals surface area contributed by atoms with Crippen molar-refractivity contribution in [2.45, 2.75) is 19.3 Å². The fourth-order valence-corrected chi connectivity index (χ4v) is 4.63. The molecule has 2 heterocycles. The molecule has 0 unspecified atom stereocenters. The molecule has 31 heavy (non-hydrogen) atoms. The van der Waals surface area contributed by atoms with Crippen molar-refractivity contribution in [1.82, 2.24) is 10.3 Å². The summed E-state index contributed by atoms with van der Waals surface area (Å²) in [6.07, 6.45) is 3.59. The fraction of sp³-hybridized carbons (Fsp3) is 0.222. The molecule has 1 aromatic heterocycles. The largest absolute Gasteiger partial charge is 0.355 e. The monoisotopic (exact) mass is 427 g/mol. The zero-order chi connectivity index (χ0) is 21.0. The summed E-state index contributed by atoms with van der Waals surface area (Å²) in [5.41, 5.74) is 6.52. The Bertz CT molecular complexity index is 1200. The van der Waals surface area contributed by atoms with Gasteiger partial charge in [-0.05, 0) is 74.2 Å². The Morgan fingerprint density at radius 3 is 2.55 bits per heavy atom. The molecule has 2 N–H and O–H groups in total. The Hall–Kier alpha value is -2.88. The van der Waals surface area contributed by atoms with Crippen LogP contribution in [-0.2, 0) is 6.42 Å². The summed E-state index contributed by atoms with van der Waals surface area (Å²) in [7, 11) is 0. The number of piperidine rings is 1. The average molecular weight is 428 g/mol. The molecule has 3 nitrogen and oxygen atoms in total. The van der Waals surface area contributed by atoms with Crippen LogP contribution in [0.2, 0.25) is 5.02 Å². The van der Waals surface area contributed by atoms with Gasteiger partial charge in [-0.15, -0.1) is 0 Å². The van der Waals surface area contributed by atoms with Gasteiger partial charge in [0.25, 0.3) is 0 Å². The minimum Gasteiger partial charge on any atom is -0.355 e. The number of para-hydroxylation sites is 2. The van der Waals surface area contributed by atoms with E-state index in [2.05, 4.69) is 65.2 Å². The van der Waals surface area contributed by atoms with Crippen LogP contribution in [0.25, 0.3) is 22.2 Å². The number of nitrogens with zero attached hydrogens (tertiary/aromatic N) is 1. The number of nitrogens with one attached hydrogen (secondary N) is 2. The predicted molar refractivity (Wildman–Crippen MR) is 131 cm³/mol. The lowest BCUT2D eigenvalue weighted by Crippen LogP contribution is -2.28. The van der Waals surface area contributed by atoms with Crippen LogP contribution in [-0.4, -0.2) is 18.1 Å². The number of rotatable bonds is 5. The number of anilines is 2. The Morgan fingerprint density at radius 1 is 0.871 bits per heavy atom. The van der Waals surface area contributed by atoms with Crippen molar-refractivity contribution in [1.29, 1.82) is 0 Å². The third kappa shape index (κ3) is 4.58. The molecule has 0 radical (unpaired) electrons. The van der Waals surface area contributed by atoms with Crippen LogP contribution >= 0.6 is 11.6 Å². The van der Waals surface area contributed by atoms with Crippen molar-refractivity contribution >= 4 is 33.9 Å². The van der Waals surface area contributed by atoms with Gasteiger partial charge in [-0.2, -0.15) is 0 Å². The van der Waals surface area contributed by atoms with Gasteiger partial charge in [0, 0.05) is 21.7 Å². The zero-order valence-corrected chi connectivity index (χ0v) is 18.2. The summed E-state index contributed by atoms with van der Waals surface area (Å²) in [6.45, 7) is 2.25. The van der Waals surface area contributed by atoms with Crippen LogP contribution in [0.1, 0.15) is 18.4 Å². The number of benzene rings is 3. The van der Waals surface area contributed by atoms with E-state index in [1.54, 1.807) is 0 Å². The van der Waals surface area contributed by atoms with Gasteiger partial charge in [0.1, 0.15) is 0 Å². The lowest BCUT2D eigenvalue weighted by molar-refractivity contribution is 0.373. The molecule has 1 aliphatic rings. The van der Waals surface area contributed by atoms with E-state index in [0.29, 0.717) is 5.02 Å². The van der Waals surface area contributed by atoms with Gasteiger partial charge < -0.3 is 10.6 Å². The smallest absolute Gasteiger partial charge is 0.0730 e. The SMILES string of the molecule is Clc1cccc(-c2cc(Nc3ccccc3CC3CCNCC3)c3ccccc3n2)c1. The molecule has 0 saturated carbocycles. The minimum atomic E-state index is 0.717. The molecule has 156 valence electrons. The van der Waals surface area contributed by atoms with E-state index in [-0.39, 0.29) is 0 Å². The van der Waals surface area contributed by atoms with Gasteiger partial charge in [0.15, 0.2) is 0 Å². The quantitative estimate of drug-likeness (QED) is 0.366. The Balaban J connectivity index is 1.53. The molecule has 0 spiro atoms. The molecule has 0 bridgehead atoms. The Kier molecular flexibility index (Phi) is 5.88. The molecule has 1 aliphatic heterocycles. The number of aromatic nitrogens is 1. The first kappa shape index (κ1) is 20.0. The van der Waals surface area contributed by atoms with Crippen molar-refractivity contribution < 1.29 is 0 Å². The highest BCUT2D eigenvalue weighted by Gasteiger charge is 2.16. The van der Waals surface area contributed by atoms with Crippen LogP contribution in [0, 0.1) is 5.92 Å². The highest BCUT2D eigenvalue weighted by molar-refractivity contribution is 6.30. The molecule has 1 fully saturated rings. The van der Waals surface area contributed by atoms with Crippen molar-refractivity contribution in [3.05, 3.63) is 89.4 Å². The molecule has 4 aromatic rings. The first-order valence-corrected chi connectivity index (χ1v) is 11.4. The molecule has 0 aliphatic carbocycles. The van der Waals surface area contributed by atoms with Gasteiger partial charge in [-0.1, -0.05) is 60.1 Å². The van der Waals surface area contributed by atoms with Gasteiger partial charge in [0.05, 0.1) is 16.9 Å². The molecule has 1 saturated heterocycles. The second-order valence-electron chi connectivity index (χ2n) is 8.26. The van der Waals surface area contributed by atoms with Crippen molar-refractivity contribution in [3.8, 4) is 11.3 Å². The summed E-state index contributed by atoms with van der Waals surface area (Å²) in [5, 5.41) is 9.04. The van der Waals surface area contributed by atoms with E-state index in [0.717, 1.165) is 53.3 Å². The average Bonchev–Trinajstić information content (AvgIpc) is 2.81. The third-order valence-corrected chi connectivity index (χ3v) is 6.33. The summed E-state index contributed by atoms with van der Waals surface area (Å²) in [6, 6.07) is 27.0. The minimum absolute atomic E-state index is 0.717.